The second kappa shape index (κ2) is 8.44. The number of amides is 1. The molecule has 1 aliphatic heterocycles. The first-order chi connectivity index (χ1) is 13.4. The smallest absolute Gasteiger partial charge is 0.277 e. The van der Waals surface area contributed by atoms with Crippen molar-refractivity contribution in [3.63, 3.8) is 0 Å². The molecule has 0 aromatic heterocycles. The highest BCUT2D eigenvalue weighted by atomic mass is 16.6. The van der Waals surface area contributed by atoms with E-state index in [1.165, 1.54) is 0 Å². The molecule has 28 heavy (non-hydrogen) atoms. The lowest BCUT2D eigenvalue weighted by atomic mass is 10.1. The predicted molar refractivity (Wildman–Crippen MR) is 98.6 cm³/mol. The number of hydrogen-bond donors (Lipinski definition) is 1. The fraction of sp³-hybridized carbons (Fsp3) is 0.278. The third-order valence-electron chi connectivity index (χ3n) is 4.16. The SMILES string of the molecule is O=C(Nc1ccc(OCC2CCCO2)cc1)c1cc([N+](=O)[O-])cc([N+](=O)[O-])c1. The van der Waals surface area contributed by atoms with E-state index in [9.17, 15) is 25.0 Å². The van der Waals surface area contributed by atoms with Gasteiger partial charge in [-0.05, 0) is 37.1 Å². The Kier molecular flexibility index (Phi) is 5.80. The van der Waals surface area contributed by atoms with E-state index in [4.69, 9.17) is 9.47 Å². The summed E-state index contributed by atoms with van der Waals surface area (Å²) in [5, 5.41) is 24.4. The van der Waals surface area contributed by atoms with Crippen LogP contribution in [0.2, 0.25) is 0 Å². The molecule has 3 rings (SSSR count). The van der Waals surface area contributed by atoms with Crippen LogP contribution in [0, 0.1) is 20.2 Å². The first-order valence-corrected chi connectivity index (χ1v) is 8.52. The zero-order valence-electron chi connectivity index (χ0n) is 14.7. The van der Waals surface area contributed by atoms with Crippen LogP contribution in [0.4, 0.5) is 17.1 Å². The summed E-state index contributed by atoms with van der Waals surface area (Å²) in [5.74, 6) is -0.0840. The number of carbonyl (C=O) groups excluding carboxylic acids is 1. The monoisotopic (exact) mass is 387 g/mol. The molecule has 1 unspecified atom stereocenters. The molecular weight excluding hydrogens is 370 g/mol. The molecule has 1 heterocycles. The molecule has 2 aromatic rings. The van der Waals surface area contributed by atoms with Crippen LogP contribution in [0.1, 0.15) is 23.2 Å². The van der Waals surface area contributed by atoms with Crippen LogP contribution in [0.5, 0.6) is 5.75 Å². The Morgan fingerprint density at radius 3 is 2.29 bits per heavy atom. The zero-order valence-corrected chi connectivity index (χ0v) is 14.7. The van der Waals surface area contributed by atoms with Gasteiger partial charge in [0.2, 0.25) is 0 Å². The van der Waals surface area contributed by atoms with Crippen LogP contribution < -0.4 is 10.1 Å². The highest BCUT2D eigenvalue weighted by Gasteiger charge is 2.20. The molecule has 1 fully saturated rings. The molecule has 1 N–H and O–H groups in total. The van der Waals surface area contributed by atoms with Gasteiger partial charge in [-0.3, -0.25) is 25.0 Å². The minimum absolute atomic E-state index is 0.0871. The van der Waals surface area contributed by atoms with Crippen molar-refractivity contribution in [2.45, 2.75) is 18.9 Å². The largest absolute Gasteiger partial charge is 0.491 e. The topological polar surface area (TPSA) is 134 Å². The van der Waals surface area contributed by atoms with Crippen molar-refractivity contribution in [3.8, 4) is 5.75 Å². The summed E-state index contributed by atoms with van der Waals surface area (Å²) in [7, 11) is 0. The molecule has 1 aliphatic rings. The minimum Gasteiger partial charge on any atom is -0.491 e. The maximum atomic E-state index is 12.3. The number of nitro benzene ring substituents is 2. The van der Waals surface area contributed by atoms with Gasteiger partial charge in [-0.1, -0.05) is 0 Å². The van der Waals surface area contributed by atoms with Crippen molar-refractivity contribution < 1.29 is 24.1 Å². The number of rotatable bonds is 7. The maximum absolute atomic E-state index is 12.3. The van der Waals surface area contributed by atoms with Gasteiger partial charge in [0.15, 0.2) is 0 Å². The molecule has 1 saturated heterocycles. The maximum Gasteiger partial charge on any atom is 0.277 e. The minimum atomic E-state index is -0.788. The van der Waals surface area contributed by atoms with E-state index >= 15 is 0 Å². The first kappa shape index (κ1) is 19.2. The number of nitro groups is 2. The number of hydrogen-bond acceptors (Lipinski definition) is 7. The Morgan fingerprint density at radius 1 is 1.11 bits per heavy atom. The number of non-ortho nitro benzene ring substituents is 2. The van der Waals surface area contributed by atoms with E-state index in [1.54, 1.807) is 24.3 Å². The quantitative estimate of drug-likeness (QED) is 0.569. The summed E-state index contributed by atoms with van der Waals surface area (Å²) < 4.78 is 11.1. The van der Waals surface area contributed by atoms with Crippen molar-refractivity contribution in [1.82, 2.24) is 0 Å². The predicted octanol–water partition coefficient (Wildman–Crippen LogP) is 3.31. The van der Waals surface area contributed by atoms with Crippen LogP contribution in [0.15, 0.2) is 42.5 Å². The van der Waals surface area contributed by atoms with Gasteiger partial charge in [-0.2, -0.15) is 0 Å². The molecule has 0 spiro atoms. The van der Waals surface area contributed by atoms with Gasteiger partial charge >= 0.3 is 0 Å². The van der Waals surface area contributed by atoms with Gasteiger partial charge < -0.3 is 14.8 Å². The molecule has 0 aliphatic carbocycles. The number of nitrogens with zero attached hydrogens (tertiary/aromatic N) is 2. The van der Waals surface area contributed by atoms with Crippen LogP contribution in [0.3, 0.4) is 0 Å². The van der Waals surface area contributed by atoms with Crippen molar-refractivity contribution in [2.24, 2.45) is 0 Å². The lowest BCUT2D eigenvalue weighted by molar-refractivity contribution is -0.394. The molecule has 1 amide bonds. The first-order valence-electron chi connectivity index (χ1n) is 8.52. The van der Waals surface area contributed by atoms with E-state index in [2.05, 4.69) is 5.32 Å². The lowest BCUT2D eigenvalue weighted by Crippen LogP contribution is -2.16. The van der Waals surface area contributed by atoms with Gasteiger partial charge in [0, 0.05) is 24.4 Å². The van der Waals surface area contributed by atoms with Crippen molar-refractivity contribution >= 4 is 23.0 Å². The molecule has 146 valence electrons. The van der Waals surface area contributed by atoms with Crippen molar-refractivity contribution in [1.29, 1.82) is 0 Å². The average Bonchev–Trinajstić information content (AvgIpc) is 3.20. The summed E-state index contributed by atoms with van der Waals surface area (Å²) in [6, 6.07) is 9.32. The Balaban J connectivity index is 1.67. The Bertz CT molecular complexity index is 860. The third kappa shape index (κ3) is 4.80. The molecule has 10 nitrogen and oxygen atoms in total. The van der Waals surface area contributed by atoms with E-state index in [-0.39, 0.29) is 11.7 Å². The van der Waals surface area contributed by atoms with Crippen LogP contribution in [-0.4, -0.2) is 35.1 Å². The van der Waals surface area contributed by atoms with Gasteiger partial charge in [0.05, 0.1) is 27.6 Å². The number of anilines is 1. The van der Waals surface area contributed by atoms with Gasteiger partial charge in [-0.15, -0.1) is 0 Å². The van der Waals surface area contributed by atoms with Crippen LogP contribution >= 0.6 is 0 Å². The fourth-order valence-electron chi connectivity index (χ4n) is 2.74. The van der Waals surface area contributed by atoms with E-state index < -0.39 is 27.1 Å². The van der Waals surface area contributed by atoms with Gasteiger partial charge in [0.1, 0.15) is 12.4 Å². The highest BCUT2D eigenvalue weighted by Crippen LogP contribution is 2.24. The number of ether oxygens (including phenoxy) is 2. The number of carbonyl (C=O) groups is 1. The molecule has 2 aromatic carbocycles. The summed E-state index contributed by atoms with van der Waals surface area (Å²) >= 11 is 0. The van der Waals surface area contributed by atoms with E-state index in [0.29, 0.717) is 18.0 Å². The van der Waals surface area contributed by atoms with Gasteiger partial charge in [0.25, 0.3) is 17.3 Å². The summed E-state index contributed by atoms with van der Waals surface area (Å²) in [6.07, 6.45) is 2.07. The van der Waals surface area contributed by atoms with E-state index in [0.717, 1.165) is 37.6 Å². The summed E-state index contributed by atoms with van der Waals surface area (Å²) in [5.41, 5.74) is -0.822. The molecule has 1 atom stereocenters. The Hall–Kier alpha value is -3.53. The molecule has 0 bridgehead atoms. The second-order valence-electron chi connectivity index (χ2n) is 6.18. The standard InChI is InChI=1S/C18H17N3O7/c22-18(12-8-14(20(23)24)10-15(9-12)21(25)26)19-13-3-5-16(6-4-13)28-11-17-2-1-7-27-17/h3-6,8-10,17H,1-2,7,11H2,(H,19,22). The zero-order chi connectivity index (χ0) is 20.1. The fourth-order valence-corrected chi connectivity index (χ4v) is 2.74. The number of nitrogens with one attached hydrogen (secondary N) is 1. The molecule has 10 heteroatoms. The lowest BCUT2D eigenvalue weighted by Gasteiger charge is -2.12. The normalized spacial score (nSPS) is 15.8. The second-order valence-corrected chi connectivity index (χ2v) is 6.18. The van der Waals surface area contributed by atoms with E-state index in [1.807, 2.05) is 0 Å². The van der Waals surface area contributed by atoms with Crippen molar-refractivity contribution in [2.75, 3.05) is 18.5 Å². The molecular formula is C18H17N3O7. The average molecular weight is 387 g/mol. The van der Waals surface area contributed by atoms with Crippen LogP contribution in [-0.2, 0) is 4.74 Å². The Labute approximate surface area is 159 Å². The Morgan fingerprint density at radius 2 is 1.75 bits per heavy atom. The highest BCUT2D eigenvalue weighted by molar-refractivity contribution is 6.05. The summed E-state index contributed by atoms with van der Waals surface area (Å²) in [4.78, 5) is 32.6. The molecule has 0 saturated carbocycles. The number of benzene rings is 2. The van der Waals surface area contributed by atoms with Crippen molar-refractivity contribution in [3.05, 3.63) is 68.3 Å². The molecule has 0 radical (unpaired) electrons. The third-order valence-corrected chi connectivity index (χ3v) is 4.16. The summed E-state index contributed by atoms with van der Waals surface area (Å²) in [6.45, 7) is 1.19. The van der Waals surface area contributed by atoms with Crippen LogP contribution in [0.25, 0.3) is 0 Å². The van der Waals surface area contributed by atoms with Gasteiger partial charge in [-0.25, -0.2) is 0 Å².